The molecular formula is C51H97NO7. The highest BCUT2D eigenvalue weighted by atomic mass is 16.7. The van der Waals surface area contributed by atoms with Crippen LogP contribution in [0.3, 0.4) is 0 Å². The van der Waals surface area contributed by atoms with Gasteiger partial charge < -0.3 is 23.7 Å². The number of carbonyl (C=O) groups is 2. The third-order valence-corrected chi connectivity index (χ3v) is 13.0. The van der Waals surface area contributed by atoms with E-state index in [2.05, 4.69) is 32.6 Å². The van der Waals surface area contributed by atoms with E-state index in [0.717, 1.165) is 90.6 Å². The van der Waals surface area contributed by atoms with Crippen LogP contribution in [0.25, 0.3) is 0 Å². The van der Waals surface area contributed by atoms with Crippen LogP contribution in [0.2, 0.25) is 0 Å². The monoisotopic (exact) mass is 836 g/mol. The maximum Gasteiger partial charge on any atom is 0.306 e. The van der Waals surface area contributed by atoms with Gasteiger partial charge in [-0.25, -0.2) is 0 Å². The largest absolute Gasteiger partial charge is 0.466 e. The molecule has 0 aliphatic carbocycles. The van der Waals surface area contributed by atoms with E-state index in [9.17, 15) is 9.59 Å². The van der Waals surface area contributed by atoms with Crippen molar-refractivity contribution in [1.82, 2.24) is 4.90 Å². The minimum atomic E-state index is -0.437. The summed E-state index contributed by atoms with van der Waals surface area (Å²) < 4.78 is 30.3. The number of morpholine rings is 1. The van der Waals surface area contributed by atoms with Crippen LogP contribution in [-0.4, -0.2) is 81.4 Å². The fourth-order valence-corrected chi connectivity index (χ4v) is 9.09. The zero-order chi connectivity index (χ0) is 42.5. The van der Waals surface area contributed by atoms with Gasteiger partial charge in [-0.1, -0.05) is 156 Å². The lowest BCUT2D eigenvalue weighted by Gasteiger charge is -2.30. The molecule has 0 bridgehead atoms. The normalized spacial score (nSPS) is 17.0. The van der Waals surface area contributed by atoms with E-state index >= 15 is 0 Å². The van der Waals surface area contributed by atoms with Crippen LogP contribution < -0.4 is 0 Å². The third kappa shape index (κ3) is 28.9. The second-order valence-corrected chi connectivity index (χ2v) is 18.5. The van der Waals surface area contributed by atoms with E-state index in [1.54, 1.807) is 0 Å². The van der Waals surface area contributed by atoms with Crippen molar-refractivity contribution in [2.45, 2.75) is 251 Å². The molecule has 0 amide bonds. The summed E-state index contributed by atoms with van der Waals surface area (Å²) in [6.07, 6.45) is 37.5. The van der Waals surface area contributed by atoms with Gasteiger partial charge in [-0.3, -0.25) is 14.5 Å². The Morgan fingerprint density at radius 1 is 0.559 bits per heavy atom. The van der Waals surface area contributed by atoms with E-state index in [-0.39, 0.29) is 18.0 Å². The average Bonchev–Trinajstić information content (AvgIpc) is 3.65. The first-order valence-electron chi connectivity index (χ1n) is 25.9. The Kier molecular flexibility index (Phi) is 34.1. The zero-order valence-electron chi connectivity index (χ0n) is 39.5. The molecule has 8 heteroatoms. The van der Waals surface area contributed by atoms with Gasteiger partial charge in [0.1, 0.15) is 0 Å². The number of hydrogen-bond acceptors (Lipinski definition) is 8. The van der Waals surface area contributed by atoms with Gasteiger partial charge in [0.2, 0.25) is 0 Å². The molecule has 2 rings (SSSR count). The van der Waals surface area contributed by atoms with Crippen molar-refractivity contribution < 1.29 is 33.3 Å². The predicted octanol–water partition coefficient (Wildman–Crippen LogP) is 13.7. The zero-order valence-corrected chi connectivity index (χ0v) is 39.5. The highest BCUT2D eigenvalue weighted by Gasteiger charge is 2.40. The molecule has 0 aromatic rings. The summed E-state index contributed by atoms with van der Waals surface area (Å²) in [5, 5.41) is 0. The van der Waals surface area contributed by atoms with Crippen molar-refractivity contribution in [3.63, 3.8) is 0 Å². The fraction of sp³-hybridized carbons (Fsp3) is 0.961. The number of carbonyl (C=O) groups excluding carboxylic acids is 2. The summed E-state index contributed by atoms with van der Waals surface area (Å²) in [7, 11) is 0. The number of esters is 2. The summed E-state index contributed by atoms with van der Waals surface area (Å²) in [4.78, 5) is 27.7. The molecular weight excluding hydrogens is 739 g/mol. The minimum Gasteiger partial charge on any atom is -0.466 e. The number of nitrogens with zero attached hydrogens (tertiary/aromatic N) is 1. The van der Waals surface area contributed by atoms with E-state index in [1.165, 1.54) is 141 Å². The highest BCUT2D eigenvalue weighted by molar-refractivity contribution is 5.70. The van der Waals surface area contributed by atoms with Crippen LogP contribution in [0.5, 0.6) is 0 Å². The lowest BCUT2D eigenvalue weighted by atomic mass is 9.92. The Labute approximate surface area is 365 Å². The van der Waals surface area contributed by atoms with Crippen LogP contribution in [0.15, 0.2) is 0 Å². The number of hydrogen-bond donors (Lipinski definition) is 0. The van der Waals surface area contributed by atoms with Crippen LogP contribution in [0.4, 0.5) is 0 Å². The van der Waals surface area contributed by atoms with Crippen LogP contribution in [0, 0.1) is 11.8 Å². The molecule has 0 aromatic heterocycles. The Balaban J connectivity index is 1.64. The molecule has 348 valence electrons. The van der Waals surface area contributed by atoms with E-state index in [1.807, 2.05) is 0 Å². The molecule has 8 nitrogen and oxygen atoms in total. The van der Waals surface area contributed by atoms with Gasteiger partial charge in [0, 0.05) is 45.3 Å². The summed E-state index contributed by atoms with van der Waals surface area (Å²) in [5.41, 5.74) is 0. The van der Waals surface area contributed by atoms with E-state index < -0.39 is 5.79 Å². The lowest BCUT2D eigenvalue weighted by molar-refractivity contribution is -0.180. The van der Waals surface area contributed by atoms with Crippen molar-refractivity contribution in [2.75, 3.05) is 52.7 Å². The first kappa shape index (κ1) is 53.9. The Morgan fingerprint density at radius 3 is 1.39 bits per heavy atom. The summed E-state index contributed by atoms with van der Waals surface area (Å²) in [5.74, 6) is 0.581. The third-order valence-electron chi connectivity index (χ3n) is 13.0. The van der Waals surface area contributed by atoms with Gasteiger partial charge in [-0.15, -0.1) is 0 Å². The minimum absolute atomic E-state index is 0.0143. The van der Waals surface area contributed by atoms with Gasteiger partial charge in [0.15, 0.2) is 5.79 Å². The Morgan fingerprint density at radius 2 is 0.966 bits per heavy atom. The second kappa shape index (κ2) is 37.3. The lowest BCUT2D eigenvalue weighted by Crippen LogP contribution is -2.38. The summed E-state index contributed by atoms with van der Waals surface area (Å²) in [6, 6.07) is 0. The van der Waals surface area contributed by atoms with Gasteiger partial charge in [0.05, 0.1) is 39.1 Å². The molecule has 2 heterocycles. The molecule has 0 spiro atoms. The van der Waals surface area contributed by atoms with Crippen molar-refractivity contribution in [2.24, 2.45) is 11.8 Å². The maximum atomic E-state index is 12.6. The van der Waals surface area contributed by atoms with Crippen molar-refractivity contribution in [3.8, 4) is 0 Å². The van der Waals surface area contributed by atoms with E-state index in [4.69, 9.17) is 23.7 Å². The van der Waals surface area contributed by atoms with Crippen molar-refractivity contribution >= 4 is 11.9 Å². The molecule has 0 saturated carbocycles. The first-order chi connectivity index (χ1) is 28.9. The van der Waals surface area contributed by atoms with Crippen LogP contribution >= 0.6 is 0 Å². The standard InChI is InChI=1S/C51H97NO7/c1-5-9-21-29-46(30-22-10-6-2)43-49(53)56-39-27-19-15-13-17-25-34-51(58-45-48(59-51)33-36-52-37-41-55-42-38-52)35-26-18-14-16-20-28-40-57-50(54)44-47(31-23-11-7-3)32-24-12-8-4/h46-48H,5-45H2,1-4H3. The number of ether oxygens (including phenoxy) is 5. The number of unbranched alkanes of at least 4 members (excludes halogenated alkanes) is 18. The molecule has 2 saturated heterocycles. The molecule has 2 fully saturated rings. The quantitative estimate of drug-likeness (QED) is 0.0445. The van der Waals surface area contributed by atoms with Gasteiger partial charge >= 0.3 is 11.9 Å². The van der Waals surface area contributed by atoms with E-state index in [0.29, 0.717) is 44.5 Å². The molecule has 0 N–H and O–H groups in total. The highest BCUT2D eigenvalue weighted by Crippen LogP contribution is 2.36. The molecule has 1 unspecified atom stereocenters. The topological polar surface area (TPSA) is 83.5 Å². The maximum absolute atomic E-state index is 12.6. The predicted molar refractivity (Wildman–Crippen MR) is 245 cm³/mol. The van der Waals surface area contributed by atoms with Crippen LogP contribution in [-0.2, 0) is 33.3 Å². The Bertz CT molecular complexity index is 896. The Hall–Kier alpha value is -1.22. The second-order valence-electron chi connectivity index (χ2n) is 18.5. The molecule has 1 atom stereocenters. The van der Waals surface area contributed by atoms with Gasteiger partial charge in [-0.05, 0) is 69.6 Å². The summed E-state index contributed by atoms with van der Waals surface area (Å²) >= 11 is 0. The summed E-state index contributed by atoms with van der Waals surface area (Å²) in [6.45, 7) is 15.6. The molecule has 2 aliphatic heterocycles. The molecule has 2 aliphatic rings. The molecule has 0 radical (unpaired) electrons. The van der Waals surface area contributed by atoms with Crippen LogP contribution in [0.1, 0.15) is 240 Å². The average molecular weight is 836 g/mol. The SMILES string of the molecule is CCCCCC(CCCCC)CC(=O)OCCCCCCCCC1(CCCCCCCCOC(=O)CC(CCCCC)CCCCC)OCC(CCN2CCOCC2)O1. The van der Waals surface area contributed by atoms with Gasteiger partial charge in [0.25, 0.3) is 0 Å². The smallest absolute Gasteiger partial charge is 0.306 e. The van der Waals surface area contributed by atoms with Gasteiger partial charge in [-0.2, -0.15) is 0 Å². The number of rotatable bonds is 41. The van der Waals surface area contributed by atoms with Crippen molar-refractivity contribution in [3.05, 3.63) is 0 Å². The first-order valence-corrected chi connectivity index (χ1v) is 25.9. The molecule has 0 aromatic carbocycles. The van der Waals surface area contributed by atoms with Crippen molar-refractivity contribution in [1.29, 1.82) is 0 Å². The fourth-order valence-electron chi connectivity index (χ4n) is 9.09. The molecule has 59 heavy (non-hydrogen) atoms.